The first kappa shape index (κ1) is 13.7. The molecule has 88 valence electrons. The van der Waals surface area contributed by atoms with Gasteiger partial charge in [-0.1, -0.05) is 5.16 Å². The van der Waals surface area contributed by atoms with Crippen LogP contribution in [0.1, 0.15) is 32.6 Å². The molecule has 6 nitrogen and oxygen atoms in total. The Morgan fingerprint density at radius 2 is 2.13 bits per heavy atom. The summed E-state index contributed by atoms with van der Waals surface area (Å²) in [5.74, 6) is -0.0492. The maximum atomic E-state index is 10.5. The van der Waals surface area contributed by atoms with Gasteiger partial charge in [-0.15, -0.1) is 0 Å². The molecule has 0 spiro atoms. The van der Waals surface area contributed by atoms with Crippen LogP contribution in [0.2, 0.25) is 0 Å². The highest BCUT2D eigenvalue weighted by molar-refractivity contribution is 5.79. The summed E-state index contributed by atoms with van der Waals surface area (Å²) in [6.07, 6.45) is 2.70. The number of carbonyl (C=O) groups excluding carboxylic acids is 1. The quantitative estimate of drug-likeness (QED) is 0.147. The van der Waals surface area contributed by atoms with Gasteiger partial charge < -0.3 is 22.0 Å². The van der Waals surface area contributed by atoms with Crippen LogP contribution in [-0.2, 0) is 4.79 Å². The minimum atomic E-state index is -0.299. The van der Waals surface area contributed by atoms with Gasteiger partial charge in [-0.2, -0.15) is 0 Å². The Bertz CT molecular complexity index is 218. The number of amides is 1. The second-order valence-corrected chi connectivity index (χ2v) is 3.57. The van der Waals surface area contributed by atoms with Gasteiger partial charge in [0, 0.05) is 18.9 Å². The van der Waals surface area contributed by atoms with E-state index in [2.05, 4.69) is 10.5 Å². The topological polar surface area (TPSA) is 114 Å². The zero-order valence-corrected chi connectivity index (χ0v) is 9.07. The third-order valence-electron chi connectivity index (χ3n) is 1.99. The van der Waals surface area contributed by atoms with Gasteiger partial charge in [-0.3, -0.25) is 4.79 Å². The van der Waals surface area contributed by atoms with E-state index in [1.165, 1.54) is 0 Å². The first-order valence-electron chi connectivity index (χ1n) is 5.04. The fourth-order valence-electron chi connectivity index (χ4n) is 1.20. The Kier molecular flexibility index (Phi) is 7.35. The average molecular weight is 216 g/mol. The summed E-state index contributed by atoms with van der Waals surface area (Å²) >= 11 is 0. The van der Waals surface area contributed by atoms with Crippen LogP contribution in [0.5, 0.6) is 0 Å². The predicted octanol–water partition coefficient (Wildman–Crippen LogP) is -0.243. The molecule has 1 atom stereocenters. The molecule has 0 aromatic rings. The molecule has 0 aromatic heterocycles. The van der Waals surface area contributed by atoms with Gasteiger partial charge in [0.2, 0.25) is 5.91 Å². The summed E-state index contributed by atoms with van der Waals surface area (Å²) in [5.41, 5.74) is 10.3. The number of nitrogens with zero attached hydrogens (tertiary/aromatic N) is 1. The molecule has 0 aliphatic carbocycles. The van der Waals surface area contributed by atoms with E-state index in [4.69, 9.17) is 16.7 Å². The van der Waals surface area contributed by atoms with Crippen molar-refractivity contribution in [2.45, 2.75) is 38.6 Å². The van der Waals surface area contributed by atoms with Crippen molar-refractivity contribution in [1.29, 1.82) is 0 Å². The number of rotatable bonds is 8. The Labute approximate surface area is 89.7 Å². The summed E-state index contributed by atoms with van der Waals surface area (Å²) in [7, 11) is 0. The maximum Gasteiger partial charge on any atom is 0.218 e. The zero-order chi connectivity index (χ0) is 11.7. The molecule has 1 amide bonds. The van der Waals surface area contributed by atoms with Gasteiger partial charge in [0.05, 0.1) is 0 Å². The number of nitrogens with one attached hydrogen (secondary N) is 1. The molecule has 0 radical (unpaired) electrons. The third-order valence-corrected chi connectivity index (χ3v) is 1.99. The van der Waals surface area contributed by atoms with Crippen LogP contribution in [0.3, 0.4) is 0 Å². The molecule has 0 bridgehead atoms. The van der Waals surface area contributed by atoms with Crippen molar-refractivity contribution < 1.29 is 10.0 Å². The molecule has 0 saturated carbocycles. The Morgan fingerprint density at radius 3 is 2.67 bits per heavy atom. The number of carbonyl (C=O) groups is 1. The first-order valence-corrected chi connectivity index (χ1v) is 5.04. The van der Waals surface area contributed by atoms with Gasteiger partial charge in [0.1, 0.15) is 5.84 Å². The van der Waals surface area contributed by atoms with Crippen LogP contribution >= 0.6 is 0 Å². The van der Waals surface area contributed by atoms with E-state index < -0.39 is 0 Å². The molecule has 0 aromatic carbocycles. The van der Waals surface area contributed by atoms with Crippen LogP contribution in [0.4, 0.5) is 0 Å². The molecule has 0 saturated heterocycles. The van der Waals surface area contributed by atoms with Crippen molar-refractivity contribution in [3.63, 3.8) is 0 Å². The molecular formula is C9H20N4O2. The molecule has 0 fully saturated rings. The number of hydrogen-bond acceptors (Lipinski definition) is 4. The number of oxime groups is 1. The van der Waals surface area contributed by atoms with Gasteiger partial charge in [0.15, 0.2) is 0 Å². The minimum absolute atomic E-state index is 0.103. The number of unbranched alkanes of at least 4 members (excludes halogenated alkanes) is 1. The average Bonchev–Trinajstić information content (AvgIpc) is 2.15. The second kappa shape index (κ2) is 8.05. The molecular weight excluding hydrogens is 196 g/mol. The Balaban J connectivity index is 3.34. The highest BCUT2D eigenvalue weighted by atomic mass is 16.4. The van der Waals surface area contributed by atoms with Crippen LogP contribution in [0.25, 0.3) is 0 Å². The first-order chi connectivity index (χ1) is 7.06. The normalized spacial score (nSPS) is 13.8. The molecule has 0 aliphatic rings. The van der Waals surface area contributed by atoms with Crippen molar-refractivity contribution in [3.8, 4) is 0 Å². The van der Waals surface area contributed by atoms with E-state index in [1.54, 1.807) is 0 Å². The lowest BCUT2D eigenvalue weighted by Crippen LogP contribution is -2.31. The highest BCUT2D eigenvalue weighted by Gasteiger charge is 2.04. The summed E-state index contributed by atoms with van der Waals surface area (Å²) in [6, 6.07) is 0.103. The Morgan fingerprint density at radius 1 is 1.47 bits per heavy atom. The van der Waals surface area contributed by atoms with Crippen molar-refractivity contribution in [1.82, 2.24) is 5.32 Å². The van der Waals surface area contributed by atoms with Crippen molar-refractivity contribution in [3.05, 3.63) is 0 Å². The Hall–Kier alpha value is -1.30. The second-order valence-electron chi connectivity index (χ2n) is 3.57. The predicted molar refractivity (Wildman–Crippen MR) is 58.5 cm³/mol. The van der Waals surface area contributed by atoms with Crippen LogP contribution in [0, 0.1) is 0 Å². The fourth-order valence-corrected chi connectivity index (χ4v) is 1.20. The maximum absolute atomic E-state index is 10.5. The number of amidine groups is 1. The van der Waals surface area contributed by atoms with E-state index in [0.717, 1.165) is 19.4 Å². The molecule has 0 rings (SSSR count). The fraction of sp³-hybridized carbons (Fsp3) is 0.778. The van der Waals surface area contributed by atoms with Crippen LogP contribution in [0.15, 0.2) is 5.16 Å². The van der Waals surface area contributed by atoms with Gasteiger partial charge in [0.25, 0.3) is 0 Å². The van der Waals surface area contributed by atoms with Crippen LogP contribution < -0.4 is 16.8 Å². The van der Waals surface area contributed by atoms with E-state index in [1.807, 2.05) is 6.92 Å². The molecule has 0 aliphatic heterocycles. The SMILES string of the molecule is CC(CC(N)=O)NCCCCC(N)=NO. The molecule has 6 N–H and O–H groups in total. The molecule has 1 unspecified atom stereocenters. The van der Waals surface area contributed by atoms with E-state index in [9.17, 15) is 4.79 Å². The summed E-state index contributed by atoms with van der Waals surface area (Å²) in [6.45, 7) is 2.71. The lowest BCUT2D eigenvalue weighted by atomic mass is 10.2. The lowest BCUT2D eigenvalue weighted by Gasteiger charge is -2.11. The summed E-state index contributed by atoms with van der Waals surface area (Å²) < 4.78 is 0. The van der Waals surface area contributed by atoms with Gasteiger partial charge >= 0.3 is 0 Å². The number of nitrogens with two attached hydrogens (primary N) is 2. The zero-order valence-electron chi connectivity index (χ0n) is 9.07. The van der Waals surface area contributed by atoms with E-state index >= 15 is 0 Å². The highest BCUT2D eigenvalue weighted by Crippen LogP contribution is 1.95. The van der Waals surface area contributed by atoms with Crippen molar-refractivity contribution >= 4 is 11.7 Å². The van der Waals surface area contributed by atoms with Gasteiger partial charge in [-0.05, 0) is 26.3 Å². The van der Waals surface area contributed by atoms with E-state index in [-0.39, 0.29) is 17.8 Å². The monoisotopic (exact) mass is 216 g/mol. The van der Waals surface area contributed by atoms with Crippen molar-refractivity contribution in [2.24, 2.45) is 16.6 Å². The molecule has 0 heterocycles. The summed E-state index contributed by atoms with van der Waals surface area (Å²) in [4.78, 5) is 10.5. The standard InChI is InChI=1S/C9H20N4O2/c1-7(6-9(11)14)12-5-3-2-4-8(10)13-15/h7,12,15H,2-6H2,1H3,(H2,10,13)(H2,11,14). The van der Waals surface area contributed by atoms with Gasteiger partial charge in [-0.25, -0.2) is 0 Å². The number of primary amides is 1. The molecule has 15 heavy (non-hydrogen) atoms. The third kappa shape index (κ3) is 9.01. The number of hydrogen-bond donors (Lipinski definition) is 4. The van der Waals surface area contributed by atoms with Crippen LogP contribution in [-0.4, -0.2) is 29.5 Å². The van der Waals surface area contributed by atoms with E-state index in [0.29, 0.717) is 12.8 Å². The smallest absolute Gasteiger partial charge is 0.218 e. The molecule has 6 heteroatoms. The van der Waals surface area contributed by atoms with Crippen molar-refractivity contribution in [2.75, 3.05) is 6.54 Å². The minimum Gasteiger partial charge on any atom is -0.409 e. The summed E-state index contributed by atoms with van der Waals surface area (Å²) in [5, 5.41) is 14.3. The lowest BCUT2D eigenvalue weighted by molar-refractivity contribution is -0.118. The largest absolute Gasteiger partial charge is 0.409 e.